The third-order valence-corrected chi connectivity index (χ3v) is 3.75. The normalized spacial score (nSPS) is 12.4. The van der Waals surface area contributed by atoms with E-state index in [1.165, 1.54) is 12.1 Å². The summed E-state index contributed by atoms with van der Waals surface area (Å²) in [6.07, 6.45) is -5.42. The highest BCUT2D eigenvalue weighted by molar-refractivity contribution is 5.95. The smallest absolute Gasteiger partial charge is 0.416 e. The third kappa shape index (κ3) is 6.18. The molecule has 1 amide bonds. The average molecular weight is 382 g/mol. The van der Waals surface area contributed by atoms with E-state index in [9.17, 15) is 23.1 Å². The van der Waals surface area contributed by atoms with Crippen molar-refractivity contribution in [1.29, 1.82) is 0 Å². The molecule has 0 aliphatic carbocycles. The molecule has 146 valence electrons. The molecule has 1 atom stereocenters. The Morgan fingerprint density at radius 2 is 1.85 bits per heavy atom. The van der Waals surface area contributed by atoms with Gasteiger partial charge in [-0.25, -0.2) is 0 Å². The maximum Gasteiger partial charge on any atom is 0.416 e. The molecular weight excluding hydrogens is 361 g/mol. The molecule has 0 heterocycles. The van der Waals surface area contributed by atoms with Gasteiger partial charge < -0.3 is 20.1 Å². The molecule has 5 nitrogen and oxygen atoms in total. The summed E-state index contributed by atoms with van der Waals surface area (Å²) < 4.78 is 42.7. The van der Waals surface area contributed by atoms with Crippen LogP contribution in [0.15, 0.2) is 48.5 Å². The molecule has 0 fully saturated rings. The predicted molar refractivity (Wildman–Crippen MR) is 96.0 cm³/mol. The molecule has 0 saturated heterocycles. The molecule has 0 saturated carbocycles. The Morgan fingerprint density at radius 3 is 2.44 bits per heavy atom. The minimum absolute atomic E-state index is 0.0499. The predicted octanol–water partition coefficient (Wildman–Crippen LogP) is 2.94. The number of ether oxygens (including phenoxy) is 1. The fraction of sp³-hybridized carbons (Fsp3) is 0.316. The van der Waals surface area contributed by atoms with Crippen LogP contribution in [-0.2, 0) is 6.18 Å². The van der Waals surface area contributed by atoms with Crippen LogP contribution in [0, 0.1) is 0 Å². The Bertz CT molecular complexity index is 762. The van der Waals surface area contributed by atoms with Gasteiger partial charge in [0.15, 0.2) is 0 Å². The monoisotopic (exact) mass is 382 g/mol. The Balaban J connectivity index is 1.81. The van der Waals surface area contributed by atoms with Crippen molar-refractivity contribution in [3.05, 3.63) is 59.7 Å². The fourth-order valence-corrected chi connectivity index (χ4v) is 2.23. The number of rotatable bonds is 7. The number of anilines is 1. The molecular formula is C19H21F3N2O3. The second kappa shape index (κ2) is 8.77. The largest absolute Gasteiger partial charge is 0.491 e. The molecule has 0 aliphatic rings. The summed E-state index contributed by atoms with van der Waals surface area (Å²) in [5, 5.41) is 12.5. The van der Waals surface area contributed by atoms with Crippen molar-refractivity contribution in [3.8, 4) is 5.75 Å². The lowest BCUT2D eigenvalue weighted by atomic mass is 10.2. The van der Waals surface area contributed by atoms with Crippen molar-refractivity contribution in [3.63, 3.8) is 0 Å². The molecule has 0 radical (unpaired) electrons. The van der Waals surface area contributed by atoms with Crippen LogP contribution in [0.5, 0.6) is 5.75 Å². The van der Waals surface area contributed by atoms with Crippen LogP contribution in [0.25, 0.3) is 0 Å². The van der Waals surface area contributed by atoms with E-state index in [0.717, 1.165) is 17.8 Å². The number of carbonyl (C=O) groups is 1. The summed E-state index contributed by atoms with van der Waals surface area (Å²) in [5.74, 6) is -0.139. The lowest BCUT2D eigenvalue weighted by Gasteiger charge is -2.15. The summed E-state index contributed by atoms with van der Waals surface area (Å²) >= 11 is 0. The number of aliphatic hydroxyl groups excluding tert-OH is 1. The van der Waals surface area contributed by atoms with E-state index in [4.69, 9.17) is 4.74 Å². The fourth-order valence-electron chi connectivity index (χ4n) is 2.23. The van der Waals surface area contributed by atoms with E-state index in [-0.39, 0.29) is 24.8 Å². The highest BCUT2D eigenvalue weighted by Crippen LogP contribution is 2.30. The van der Waals surface area contributed by atoms with Gasteiger partial charge in [0.05, 0.1) is 5.56 Å². The van der Waals surface area contributed by atoms with Gasteiger partial charge in [0.25, 0.3) is 5.91 Å². The van der Waals surface area contributed by atoms with Gasteiger partial charge in [-0.3, -0.25) is 4.79 Å². The van der Waals surface area contributed by atoms with Gasteiger partial charge in [-0.2, -0.15) is 13.2 Å². The van der Waals surface area contributed by atoms with Crippen molar-refractivity contribution >= 4 is 11.6 Å². The first kappa shape index (κ1) is 20.6. The Labute approximate surface area is 155 Å². The van der Waals surface area contributed by atoms with Crippen molar-refractivity contribution in [1.82, 2.24) is 5.32 Å². The van der Waals surface area contributed by atoms with Crippen molar-refractivity contribution < 1.29 is 27.8 Å². The van der Waals surface area contributed by atoms with Crippen LogP contribution in [-0.4, -0.2) is 44.4 Å². The van der Waals surface area contributed by atoms with Gasteiger partial charge in [-0.15, -0.1) is 0 Å². The molecule has 0 bridgehead atoms. The number of nitrogens with zero attached hydrogens (tertiary/aromatic N) is 1. The third-order valence-electron chi connectivity index (χ3n) is 3.75. The maximum atomic E-state index is 12.5. The molecule has 8 heteroatoms. The minimum atomic E-state index is -4.41. The highest BCUT2D eigenvalue weighted by atomic mass is 19.4. The van der Waals surface area contributed by atoms with Gasteiger partial charge >= 0.3 is 6.18 Å². The standard InChI is InChI=1S/C19H21F3N2O3/c1-24(2)15-5-3-4-13(10-15)18(26)23-11-16(25)12-27-17-8-6-14(7-9-17)19(20,21)22/h3-10,16,25H,11-12H2,1-2H3,(H,23,26). The number of amides is 1. The molecule has 0 spiro atoms. The molecule has 1 unspecified atom stereocenters. The highest BCUT2D eigenvalue weighted by Gasteiger charge is 2.30. The van der Waals surface area contributed by atoms with Gasteiger partial charge in [0, 0.05) is 31.9 Å². The lowest BCUT2D eigenvalue weighted by molar-refractivity contribution is -0.137. The first-order valence-electron chi connectivity index (χ1n) is 8.20. The average Bonchev–Trinajstić information content (AvgIpc) is 2.64. The minimum Gasteiger partial charge on any atom is -0.491 e. The Kier molecular flexibility index (Phi) is 6.68. The number of aliphatic hydroxyl groups is 1. The lowest BCUT2D eigenvalue weighted by Crippen LogP contribution is -2.35. The quantitative estimate of drug-likeness (QED) is 0.773. The SMILES string of the molecule is CN(C)c1cccc(C(=O)NCC(O)COc2ccc(C(F)(F)F)cc2)c1. The van der Waals surface area contributed by atoms with Crippen LogP contribution >= 0.6 is 0 Å². The van der Waals surface area contributed by atoms with Crippen LogP contribution in [0.1, 0.15) is 15.9 Å². The second-order valence-electron chi connectivity index (χ2n) is 6.14. The number of halogens is 3. The number of carbonyl (C=O) groups excluding carboxylic acids is 1. The van der Waals surface area contributed by atoms with Crippen LogP contribution < -0.4 is 15.0 Å². The molecule has 2 rings (SSSR count). The van der Waals surface area contributed by atoms with E-state index < -0.39 is 17.8 Å². The van der Waals surface area contributed by atoms with Gasteiger partial charge in [-0.1, -0.05) is 6.07 Å². The summed E-state index contributed by atoms with van der Waals surface area (Å²) in [6.45, 7) is -0.213. The number of alkyl halides is 3. The summed E-state index contributed by atoms with van der Waals surface area (Å²) in [4.78, 5) is 14.0. The maximum absolute atomic E-state index is 12.5. The van der Waals surface area contributed by atoms with Crippen LogP contribution in [0.2, 0.25) is 0 Å². The number of benzene rings is 2. The van der Waals surface area contributed by atoms with E-state index in [0.29, 0.717) is 5.56 Å². The molecule has 2 N–H and O–H groups in total. The second-order valence-corrected chi connectivity index (χ2v) is 6.14. The summed E-state index contributed by atoms with van der Waals surface area (Å²) in [7, 11) is 3.72. The Morgan fingerprint density at radius 1 is 1.19 bits per heavy atom. The van der Waals surface area contributed by atoms with E-state index in [2.05, 4.69) is 5.32 Å². The van der Waals surface area contributed by atoms with E-state index in [1.807, 2.05) is 25.1 Å². The Hall–Kier alpha value is -2.74. The van der Waals surface area contributed by atoms with Gasteiger partial charge in [0.1, 0.15) is 18.5 Å². The van der Waals surface area contributed by atoms with Gasteiger partial charge in [-0.05, 0) is 42.5 Å². The topological polar surface area (TPSA) is 61.8 Å². The molecule has 2 aromatic rings. The number of nitrogens with one attached hydrogen (secondary N) is 1. The molecule has 0 aromatic heterocycles. The zero-order valence-corrected chi connectivity index (χ0v) is 15.0. The van der Waals surface area contributed by atoms with Gasteiger partial charge in [0.2, 0.25) is 0 Å². The molecule has 2 aromatic carbocycles. The van der Waals surface area contributed by atoms with Crippen molar-refractivity contribution in [2.75, 3.05) is 32.1 Å². The number of hydrogen-bond donors (Lipinski definition) is 2. The van der Waals surface area contributed by atoms with Crippen molar-refractivity contribution in [2.45, 2.75) is 12.3 Å². The zero-order chi connectivity index (χ0) is 20.0. The molecule has 0 aliphatic heterocycles. The van der Waals surface area contributed by atoms with Crippen LogP contribution in [0.3, 0.4) is 0 Å². The molecule has 27 heavy (non-hydrogen) atoms. The van der Waals surface area contributed by atoms with Crippen molar-refractivity contribution in [2.24, 2.45) is 0 Å². The van der Waals surface area contributed by atoms with Crippen LogP contribution in [0.4, 0.5) is 18.9 Å². The summed E-state index contributed by atoms with van der Waals surface area (Å²) in [6, 6.07) is 11.2. The first-order valence-corrected chi connectivity index (χ1v) is 8.20. The first-order chi connectivity index (χ1) is 12.7. The zero-order valence-electron chi connectivity index (χ0n) is 15.0. The van der Waals surface area contributed by atoms with E-state index in [1.54, 1.807) is 18.2 Å². The summed E-state index contributed by atoms with van der Waals surface area (Å²) in [5.41, 5.74) is 0.550. The van der Waals surface area contributed by atoms with E-state index >= 15 is 0 Å². The number of hydrogen-bond acceptors (Lipinski definition) is 4.